The van der Waals surface area contributed by atoms with Crippen LogP contribution in [0, 0.1) is 0 Å². The average molecular weight is 441 g/mol. The number of carbonyl (C=O) groups excluding carboxylic acids is 2. The number of benzene rings is 1. The van der Waals surface area contributed by atoms with E-state index in [4.69, 9.17) is 4.74 Å². The molecule has 1 saturated heterocycles. The summed E-state index contributed by atoms with van der Waals surface area (Å²) in [5.41, 5.74) is 3.11. The quantitative estimate of drug-likeness (QED) is 0.758. The Kier molecular flexibility index (Phi) is 6.47. The van der Waals surface area contributed by atoms with E-state index in [-0.39, 0.29) is 18.0 Å². The van der Waals surface area contributed by atoms with Crippen LogP contribution in [0.1, 0.15) is 58.2 Å². The number of amides is 2. The number of hydrogen-bond donors (Lipinski definition) is 2. The van der Waals surface area contributed by atoms with Crippen molar-refractivity contribution in [3.8, 4) is 0 Å². The van der Waals surface area contributed by atoms with Crippen molar-refractivity contribution in [3.05, 3.63) is 35.5 Å². The molecular weight excluding hydrogens is 404 g/mol. The fourth-order valence-electron chi connectivity index (χ4n) is 5.02. The maximum atomic E-state index is 13.3. The van der Waals surface area contributed by atoms with Gasteiger partial charge in [-0.3, -0.25) is 9.69 Å². The van der Waals surface area contributed by atoms with E-state index in [0.717, 1.165) is 44.3 Å². The van der Waals surface area contributed by atoms with Crippen molar-refractivity contribution >= 4 is 22.9 Å². The van der Waals surface area contributed by atoms with Gasteiger partial charge in [-0.25, -0.2) is 4.79 Å². The molecule has 174 valence electrons. The summed E-state index contributed by atoms with van der Waals surface area (Å²) >= 11 is 0. The van der Waals surface area contributed by atoms with E-state index in [9.17, 15) is 9.59 Å². The number of para-hydroxylation sites is 1. The molecule has 1 aromatic carbocycles. The summed E-state index contributed by atoms with van der Waals surface area (Å²) < 4.78 is 5.42. The van der Waals surface area contributed by atoms with Gasteiger partial charge in [0.2, 0.25) is 5.91 Å². The molecule has 0 radical (unpaired) electrons. The number of H-pyrrole nitrogens is 1. The zero-order valence-electron chi connectivity index (χ0n) is 19.7. The van der Waals surface area contributed by atoms with E-state index in [2.05, 4.69) is 33.4 Å². The Morgan fingerprint density at radius 2 is 2.00 bits per heavy atom. The molecule has 7 heteroatoms. The number of nitrogens with zero attached hydrogens (tertiary/aromatic N) is 2. The number of ether oxygens (including phenoxy) is 1. The summed E-state index contributed by atoms with van der Waals surface area (Å²) in [5, 5.41) is 4.20. The van der Waals surface area contributed by atoms with E-state index in [1.54, 1.807) is 0 Å². The third-order valence-corrected chi connectivity index (χ3v) is 6.56. The number of alkyl carbamates (subject to hydrolysis) is 1. The lowest BCUT2D eigenvalue weighted by atomic mass is 9.96. The Labute approximate surface area is 190 Å². The maximum absolute atomic E-state index is 13.3. The van der Waals surface area contributed by atoms with E-state index < -0.39 is 11.7 Å². The molecule has 3 heterocycles. The van der Waals surface area contributed by atoms with Gasteiger partial charge in [0.1, 0.15) is 5.60 Å². The fourth-order valence-corrected chi connectivity index (χ4v) is 5.02. The second-order valence-electron chi connectivity index (χ2n) is 10.2. The van der Waals surface area contributed by atoms with Crippen LogP contribution in [0.5, 0.6) is 0 Å². The molecule has 0 aliphatic carbocycles. The molecule has 2 aliphatic rings. The zero-order valence-corrected chi connectivity index (χ0v) is 19.7. The molecule has 7 nitrogen and oxygen atoms in total. The molecule has 0 saturated carbocycles. The third kappa shape index (κ3) is 5.09. The molecule has 2 aliphatic heterocycles. The van der Waals surface area contributed by atoms with Gasteiger partial charge in [-0.2, -0.15) is 0 Å². The molecule has 0 spiro atoms. The van der Waals surface area contributed by atoms with Crippen LogP contribution in [0.2, 0.25) is 0 Å². The van der Waals surface area contributed by atoms with Crippen LogP contribution in [0.4, 0.5) is 4.79 Å². The molecule has 2 N–H and O–H groups in total. The molecule has 2 atom stereocenters. The highest BCUT2D eigenvalue weighted by Gasteiger charge is 2.32. The van der Waals surface area contributed by atoms with Gasteiger partial charge in [0.05, 0.1) is 6.54 Å². The van der Waals surface area contributed by atoms with E-state index in [1.807, 2.05) is 38.7 Å². The molecule has 2 amide bonds. The largest absolute Gasteiger partial charge is 0.444 e. The molecular formula is C25H36N4O3. The second kappa shape index (κ2) is 9.14. The Morgan fingerprint density at radius 1 is 1.22 bits per heavy atom. The first-order chi connectivity index (χ1) is 15.2. The lowest BCUT2D eigenvalue weighted by Crippen LogP contribution is -2.55. The molecule has 1 aromatic heterocycles. The Balaban J connectivity index is 1.39. The number of carbonyl (C=O) groups is 2. The molecule has 2 unspecified atom stereocenters. The summed E-state index contributed by atoms with van der Waals surface area (Å²) in [7, 11) is 0. The van der Waals surface area contributed by atoms with E-state index >= 15 is 0 Å². The minimum atomic E-state index is -0.526. The van der Waals surface area contributed by atoms with Gasteiger partial charge in [-0.05, 0) is 53.1 Å². The summed E-state index contributed by atoms with van der Waals surface area (Å²) in [6.45, 7) is 10.3. The Morgan fingerprint density at radius 3 is 2.78 bits per heavy atom. The van der Waals surface area contributed by atoms with Crippen LogP contribution >= 0.6 is 0 Å². The first-order valence-electron chi connectivity index (χ1n) is 11.8. The minimum absolute atomic E-state index is 0.0838. The molecule has 1 fully saturated rings. The summed E-state index contributed by atoms with van der Waals surface area (Å²) in [6, 6.07) is 8.36. The van der Waals surface area contributed by atoms with Crippen molar-refractivity contribution in [2.75, 3.05) is 19.6 Å². The number of nitrogens with one attached hydrogen (secondary N) is 2. The van der Waals surface area contributed by atoms with Crippen molar-refractivity contribution in [1.29, 1.82) is 0 Å². The van der Waals surface area contributed by atoms with Crippen LogP contribution in [0.25, 0.3) is 10.9 Å². The topological polar surface area (TPSA) is 77.7 Å². The number of aromatic amines is 1. The van der Waals surface area contributed by atoms with Crippen molar-refractivity contribution in [2.24, 2.45) is 0 Å². The first-order valence-corrected chi connectivity index (χ1v) is 11.8. The summed E-state index contributed by atoms with van der Waals surface area (Å²) in [6.07, 6.45) is 3.62. The number of fused-ring (bicyclic) bond motifs is 3. The summed E-state index contributed by atoms with van der Waals surface area (Å²) in [4.78, 5) is 33.3. The van der Waals surface area contributed by atoms with Crippen molar-refractivity contribution in [2.45, 2.75) is 77.6 Å². The van der Waals surface area contributed by atoms with Gasteiger partial charge >= 0.3 is 6.09 Å². The highest BCUT2D eigenvalue weighted by atomic mass is 16.6. The lowest BCUT2D eigenvalue weighted by Gasteiger charge is -2.40. The van der Waals surface area contributed by atoms with Crippen molar-refractivity contribution in [3.63, 3.8) is 0 Å². The van der Waals surface area contributed by atoms with Crippen LogP contribution in [0.3, 0.4) is 0 Å². The number of aromatic nitrogens is 1. The number of hydrogen-bond acceptors (Lipinski definition) is 4. The third-order valence-electron chi connectivity index (χ3n) is 6.56. The van der Waals surface area contributed by atoms with Gasteiger partial charge in [-0.15, -0.1) is 0 Å². The number of likely N-dealkylation sites (tertiary alicyclic amines) is 1. The monoisotopic (exact) mass is 440 g/mol. The Bertz CT molecular complexity index is 977. The van der Waals surface area contributed by atoms with Gasteiger partial charge in [0.25, 0.3) is 0 Å². The molecule has 2 aromatic rings. The van der Waals surface area contributed by atoms with Gasteiger partial charge < -0.3 is 19.9 Å². The highest BCUT2D eigenvalue weighted by molar-refractivity contribution is 5.86. The number of rotatable bonds is 4. The standard InChI is InChI=1S/C25H36N4O3/c1-17(26-24(31)32-25(2,3)4)22-11-7-8-13-28(22)16-23(30)29-14-12-21-19(15-29)18-9-5-6-10-20(18)27-21/h5-6,9-10,17,22,27H,7-8,11-16H2,1-4H3,(H,26,31). The van der Waals surface area contributed by atoms with Crippen molar-refractivity contribution in [1.82, 2.24) is 20.1 Å². The van der Waals surface area contributed by atoms with E-state index in [1.165, 1.54) is 16.6 Å². The SMILES string of the molecule is CC(NC(=O)OC(C)(C)C)C1CCCCN1CC(=O)N1CCc2[nH]c3ccccc3c2C1. The van der Waals surface area contributed by atoms with Crippen LogP contribution in [0.15, 0.2) is 24.3 Å². The van der Waals surface area contributed by atoms with Crippen LogP contribution < -0.4 is 5.32 Å². The zero-order chi connectivity index (χ0) is 22.9. The Hall–Kier alpha value is -2.54. The molecule has 4 rings (SSSR count). The van der Waals surface area contributed by atoms with Gasteiger partial charge in [0.15, 0.2) is 0 Å². The average Bonchev–Trinajstić information content (AvgIpc) is 3.10. The van der Waals surface area contributed by atoms with Crippen LogP contribution in [-0.2, 0) is 22.5 Å². The van der Waals surface area contributed by atoms with E-state index in [0.29, 0.717) is 13.1 Å². The second-order valence-corrected chi connectivity index (χ2v) is 10.2. The molecule has 0 bridgehead atoms. The minimum Gasteiger partial charge on any atom is -0.444 e. The van der Waals surface area contributed by atoms with Gasteiger partial charge in [0, 0.05) is 53.8 Å². The van der Waals surface area contributed by atoms with Crippen LogP contribution in [-0.4, -0.2) is 64.1 Å². The number of piperidine rings is 1. The molecule has 32 heavy (non-hydrogen) atoms. The predicted molar refractivity (Wildman–Crippen MR) is 125 cm³/mol. The first kappa shape index (κ1) is 22.6. The highest BCUT2D eigenvalue weighted by Crippen LogP contribution is 2.28. The summed E-state index contributed by atoms with van der Waals surface area (Å²) in [5.74, 6) is 0.164. The predicted octanol–water partition coefficient (Wildman–Crippen LogP) is 3.82. The van der Waals surface area contributed by atoms with Gasteiger partial charge in [-0.1, -0.05) is 24.6 Å². The van der Waals surface area contributed by atoms with Crippen molar-refractivity contribution < 1.29 is 14.3 Å². The smallest absolute Gasteiger partial charge is 0.407 e. The normalized spacial score (nSPS) is 20.6. The lowest BCUT2D eigenvalue weighted by molar-refractivity contribution is -0.134. The fraction of sp³-hybridized carbons (Fsp3) is 0.600. The maximum Gasteiger partial charge on any atom is 0.407 e.